The molecule has 0 unspecified atom stereocenters. The number of hydrogen-bond acceptors (Lipinski definition) is 5. The highest BCUT2D eigenvalue weighted by Crippen LogP contribution is 2.34. The molecule has 1 aliphatic heterocycles. The maximum absolute atomic E-state index is 13.8. The average Bonchev–Trinajstić information content (AvgIpc) is 3.22. The SMILES string of the molecule is CC(C)c1nn(-c2ccc3ccccc3n2)c(-c2ccc(F)cc2)c1CC[C@@H]1C[C@H](O)CC(=O)O1. The number of carbonyl (C=O) groups excluding carboxylic acids is 1. The maximum Gasteiger partial charge on any atom is 0.308 e. The van der Waals surface area contributed by atoms with E-state index < -0.39 is 6.10 Å². The van der Waals surface area contributed by atoms with E-state index in [9.17, 15) is 14.3 Å². The molecule has 0 radical (unpaired) electrons. The van der Waals surface area contributed by atoms with Gasteiger partial charge in [-0.2, -0.15) is 5.10 Å². The molecule has 0 saturated carbocycles. The number of rotatable bonds is 6. The van der Waals surface area contributed by atoms with E-state index in [1.807, 2.05) is 41.1 Å². The summed E-state index contributed by atoms with van der Waals surface area (Å²) in [5.41, 5.74) is 4.47. The van der Waals surface area contributed by atoms with Crippen molar-refractivity contribution >= 4 is 16.9 Å². The number of carbonyl (C=O) groups is 1. The van der Waals surface area contributed by atoms with Gasteiger partial charge in [0.2, 0.25) is 0 Å². The number of aromatic nitrogens is 3. The first-order chi connectivity index (χ1) is 16.9. The number of para-hydroxylation sites is 1. The summed E-state index contributed by atoms with van der Waals surface area (Å²) in [6, 6.07) is 18.3. The minimum atomic E-state index is -0.674. The Morgan fingerprint density at radius 2 is 1.89 bits per heavy atom. The summed E-state index contributed by atoms with van der Waals surface area (Å²) in [6.07, 6.45) is 0.600. The predicted molar refractivity (Wildman–Crippen MR) is 132 cm³/mol. The fourth-order valence-corrected chi connectivity index (χ4v) is 4.76. The first-order valence-corrected chi connectivity index (χ1v) is 12.0. The fraction of sp³-hybridized carbons (Fsp3) is 0.321. The predicted octanol–water partition coefficient (Wildman–Crippen LogP) is 5.35. The van der Waals surface area contributed by atoms with Crippen molar-refractivity contribution in [2.75, 3.05) is 0 Å². The maximum atomic E-state index is 13.8. The summed E-state index contributed by atoms with van der Waals surface area (Å²) in [5, 5.41) is 16.0. The van der Waals surface area contributed by atoms with Crippen molar-refractivity contribution in [1.29, 1.82) is 0 Å². The van der Waals surface area contributed by atoms with Crippen LogP contribution in [0, 0.1) is 5.82 Å². The van der Waals surface area contributed by atoms with Crippen molar-refractivity contribution < 1.29 is 19.0 Å². The van der Waals surface area contributed by atoms with E-state index in [4.69, 9.17) is 14.8 Å². The number of halogens is 1. The van der Waals surface area contributed by atoms with Crippen molar-refractivity contribution in [1.82, 2.24) is 14.8 Å². The molecule has 1 fully saturated rings. The van der Waals surface area contributed by atoms with Gasteiger partial charge in [0.1, 0.15) is 11.9 Å². The fourth-order valence-electron chi connectivity index (χ4n) is 4.76. The Morgan fingerprint density at radius 3 is 2.63 bits per heavy atom. The molecule has 2 aromatic carbocycles. The Labute approximate surface area is 203 Å². The Hall–Kier alpha value is -3.58. The molecule has 2 aromatic heterocycles. The highest BCUT2D eigenvalue weighted by atomic mass is 19.1. The van der Waals surface area contributed by atoms with Crippen molar-refractivity contribution in [3.05, 3.63) is 77.7 Å². The molecule has 2 atom stereocenters. The van der Waals surface area contributed by atoms with E-state index in [-0.39, 0.29) is 30.2 Å². The molecule has 4 aromatic rings. The van der Waals surface area contributed by atoms with Crippen LogP contribution in [0.4, 0.5) is 4.39 Å². The highest BCUT2D eigenvalue weighted by molar-refractivity contribution is 5.79. The number of esters is 1. The van der Waals surface area contributed by atoms with Crippen LogP contribution >= 0.6 is 0 Å². The number of hydrogen-bond donors (Lipinski definition) is 1. The van der Waals surface area contributed by atoms with Crippen molar-refractivity contribution in [3.63, 3.8) is 0 Å². The lowest BCUT2D eigenvalue weighted by atomic mass is 9.93. The second kappa shape index (κ2) is 9.58. The quantitative estimate of drug-likeness (QED) is 0.382. The minimum Gasteiger partial charge on any atom is -0.462 e. The molecule has 5 rings (SSSR count). The van der Waals surface area contributed by atoms with Crippen molar-refractivity contribution in [2.24, 2.45) is 0 Å². The third-order valence-electron chi connectivity index (χ3n) is 6.43. The molecule has 1 aliphatic rings. The molecule has 0 spiro atoms. The molecule has 1 saturated heterocycles. The number of benzene rings is 2. The molecule has 3 heterocycles. The Morgan fingerprint density at radius 1 is 1.11 bits per heavy atom. The zero-order valence-corrected chi connectivity index (χ0v) is 19.8. The number of cyclic esters (lactones) is 1. The first-order valence-electron chi connectivity index (χ1n) is 12.0. The Kier molecular flexibility index (Phi) is 6.34. The zero-order chi connectivity index (χ0) is 24.5. The zero-order valence-electron chi connectivity index (χ0n) is 19.8. The smallest absolute Gasteiger partial charge is 0.308 e. The summed E-state index contributed by atoms with van der Waals surface area (Å²) in [7, 11) is 0. The van der Waals surface area contributed by atoms with Crippen LogP contribution in [-0.2, 0) is 16.0 Å². The van der Waals surface area contributed by atoms with E-state index in [1.165, 1.54) is 12.1 Å². The van der Waals surface area contributed by atoms with Gasteiger partial charge in [-0.15, -0.1) is 0 Å². The molecule has 1 N–H and O–H groups in total. The van der Waals surface area contributed by atoms with Crippen LogP contribution in [0.3, 0.4) is 0 Å². The molecule has 0 amide bonds. The van der Waals surface area contributed by atoms with Crippen LogP contribution in [0.15, 0.2) is 60.7 Å². The summed E-state index contributed by atoms with van der Waals surface area (Å²) >= 11 is 0. The molecule has 7 heteroatoms. The van der Waals surface area contributed by atoms with Crippen molar-refractivity contribution in [2.45, 2.75) is 57.7 Å². The lowest BCUT2D eigenvalue weighted by molar-refractivity contribution is -0.160. The van der Waals surface area contributed by atoms with Gasteiger partial charge < -0.3 is 9.84 Å². The van der Waals surface area contributed by atoms with Crippen LogP contribution in [0.25, 0.3) is 28.0 Å². The van der Waals surface area contributed by atoms with E-state index in [0.29, 0.717) is 25.1 Å². The summed E-state index contributed by atoms with van der Waals surface area (Å²) in [5.74, 6) is 0.131. The number of aliphatic hydroxyl groups is 1. The summed E-state index contributed by atoms with van der Waals surface area (Å²) in [4.78, 5) is 16.7. The monoisotopic (exact) mass is 473 g/mol. The molecule has 0 bridgehead atoms. The second-order valence-electron chi connectivity index (χ2n) is 9.39. The Bertz CT molecular complexity index is 1360. The lowest BCUT2D eigenvalue weighted by Crippen LogP contribution is -2.32. The van der Waals surface area contributed by atoms with Crippen LogP contribution in [0.2, 0.25) is 0 Å². The van der Waals surface area contributed by atoms with Crippen LogP contribution in [0.1, 0.15) is 50.3 Å². The number of fused-ring (bicyclic) bond motifs is 1. The van der Waals surface area contributed by atoms with Crippen LogP contribution in [-0.4, -0.2) is 38.0 Å². The third-order valence-corrected chi connectivity index (χ3v) is 6.43. The van der Waals surface area contributed by atoms with E-state index in [1.54, 1.807) is 12.1 Å². The van der Waals surface area contributed by atoms with Crippen molar-refractivity contribution in [3.8, 4) is 17.1 Å². The molecule has 0 aliphatic carbocycles. The minimum absolute atomic E-state index is 0.0418. The van der Waals surface area contributed by atoms with Gasteiger partial charge >= 0.3 is 5.97 Å². The second-order valence-corrected chi connectivity index (χ2v) is 9.39. The number of nitrogens with zero attached hydrogens (tertiary/aromatic N) is 3. The Balaban J connectivity index is 1.62. The first kappa shape index (κ1) is 23.2. The summed E-state index contributed by atoms with van der Waals surface area (Å²) in [6.45, 7) is 4.17. The largest absolute Gasteiger partial charge is 0.462 e. The van der Waals surface area contributed by atoms with E-state index in [0.717, 1.165) is 33.4 Å². The topological polar surface area (TPSA) is 77.2 Å². The van der Waals surface area contributed by atoms with Gasteiger partial charge in [0, 0.05) is 22.9 Å². The molecular formula is C28H28FN3O3. The van der Waals surface area contributed by atoms with Gasteiger partial charge in [0.25, 0.3) is 0 Å². The number of aliphatic hydroxyl groups excluding tert-OH is 1. The van der Waals surface area contributed by atoms with Gasteiger partial charge in [-0.05, 0) is 61.2 Å². The van der Waals surface area contributed by atoms with Crippen LogP contribution in [0.5, 0.6) is 0 Å². The highest BCUT2D eigenvalue weighted by Gasteiger charge is 2.29. The van der Waals surface area contributed by atoms with Gasteiger partial charge in [0.15, 0.2) is 5.82 Å². The van der Waals surface area contributed by atoms with Crippen LogP contribution < -0.4 is 0 Å². The standard InChI is InChI=1S/C28H28FN3O3/c1-17(2)27-23(13-12-22-15-21(33)16-26(34)35-22)28(19-7-10-20(29)11-8-19)32(31-27)25-14-9-18-5-3-4-6-24(18)30-25/h3-11,14,17,21-22,33H,12-13,15-16H2,1-2H3/t21-,22+/m0/s1. The number of ether oxygens (including phenoxy) is 1. The molecule has 180 valence electrons. The van der Waals surface area contributed by atoms with E-state index in [2.05, 4.69) is 13.8 Å². The number of pyridine rings is 1. The van der Waals surface area contributed by atoms with Gasteiger partial charge in [-0.3, -0.25) is 4.79 Å². The summed E-state index contributed by atoms with van der Waals surface area (Å²) < 4.78 is 21.1. The average molecular weight is 474 g/mol. The van der Waals surface area contributed by atoms with E-state index >= 15 is 0 Å². The lowest BCUT2D eigenvalue weighted by Gasteiger charge is -2.26. The van der Waals surface area contributed by atoms with Gasteiger partial charge in [-0.1, -0.05) is 32.0 Å². The molecular weight excluding hydrogens is 445 g/mol. The normalized spacial score (nSPS) is 18.3. The van der Waals surface area contributed by atoms with Gasteiger partial charge in [-0.25, -0.2) is 14.1 Å². The third kappa shape index (κ3) is 4.82. The molecule has 6 nitrogen and oxygen atoms in total. The van der Waals surface area contributed by atoms with Gasteiger partial charge in [0.05, 0.1) is 29.4 Å². The molecule has 35 heavy (non-hydrogen) atoms.